The number of carbonyl (C=O) groups excluding carboxylic acids is 3. The fourth-order valence-electron chi connectivity index (χ4n) is 7.99. The Balaban J connectivity index is 2.59. The Kier molecular flexibility index (Phi) is 56.6. The fourth-order valence-corrected chi connectivity index (χ4v) is 7.99. The topological polar surface area (TPSA) is 407 Å². The largest absolute Gasteiger partial charge is 0.462 e. The minimum absolute atomic E-state index is 0.00216. The van der Waals surface area contributed by atoms with Crippen LogP contribution < -0.4 is 0 Å². The molecule has 32 nitrogen and oxygen atoms in total. The molecule has 0 aliphatic rings. The van der Waals surface area contributed by atoms with Crippen molar-refractivity contribution in [2.24, 2.45) is 5.41 Å². The molecule has 0 saturated carbocycles. The number of carbonyl (C=O) groups is 3. The minimum Gasteiger partial charge on any atom is -0.462 e. The van der Waals surface area contributed by atoms with Crippen LogP contribution in [-0.4, -0.2) is 329 Å². The highest BCUT2D eigenvalue weighted by Gasteiger charge is 2.39. The molecule has 8 N–H and O–H groups in total. The van der Waals surface area contributed by atoms with Crippen LogP contribution in [0.2, 0.25) is 0 Å². The average molecular weight is 1390 g/mol. The van der Waals surface area contributed by atoms with E-state index in [0.717, 1.165) is 0 Å². The zero-order valence-electron chi connectivity index (χ0n) is 55.8. The Morgan fingerprint density at radius 3 is 0.740 bits per heavy atom. The molecule has 2 aromatic carbocycles. The monoisotopic (exact) mass is 1390 g/mol. The standard InChI is InChI=1S/C64H108O32/c1-64(63(75)94-47-58(72)42-71,50-95-61(73)52-38-54(43-88-32-26-82-20-14-76-8-2-65)59(48-92-36-30-86-24-18-80-12-6-69)55(39-52)44-89-33-27-83-21-15-77-9-3-66)51-96-62(74)53-40-56(45-90-34-28-84-22-16-78-10-4-67)60(49-93-37-31-87-25-19-81-13-7-70)57(41-53)46-91-35-29-85-23-17-79-11-5-68/h38-41,58,65-72H,2-37,42-51H2,1H3/t58-/m1/s1. The van der Waals surface area contributed by atoms with Crippen molar-refractivity contribution in [3.8, 4) is 0 Å². The first-order valence-corrected chi connectivity index (χ1v) is 32.2. The lowest BCUT2D eigenvalue weighted by molar-refractivity contribution is -0.163. The van der Waals surface area contributed by atoms with Crippen molar-refractivity contribution in [2.75, 3.05) is 264 Å². The third-order valence-corrected chi connectivity index (χ3v) is 12.9. The summed E-state index contributed by atoms with van der Waals surface area (Å²) in [5, 5.41) is 73.9. The van der Waals surface area contributed by atoms with Gasteiger partial charge in [-0.2, -0.15) is 0 Å². The second-order valence-electron chi connectivity index (χ2n) is 20.7. The second-order valence-corrected chi connectivity index (χ2v) is 20.7. The third-order valence-electron chi connectivity index (χ3n) is 12.9. The Morgan fingerprint density at radius 2 is 0.521 bits per heavy atom. The van der Waals surface area contributed by atoms with Gasteiger partial charge in [-0.15, -0.1) is 0 Å². The van der Waals surface area contributed by atoms with Gasteiger partial charge in [0.05, 0.1) is 295 Å². The normalized spacial score (nSPS) is 12.1. The maximum atomic E-state index is 14.5. The average Bonchev–Trinajstić information content (AvgIpc) is 0.850. The van der Waals surface area contributed by atoms with Crippen molar-refractivity contribution in [2.45, 2.75) is 52.7 Å². The molecule has 0 aromatic heterocycles. The minimum atomic E-state index is -1.95. The second kappa shape index (κ2) is 61.9. The van der Waals surface area contributed by atoms with Crippen LogP contribution in [-0.2, 0) is 144 Å². The van der Waals surface area contributed by atoms with E-state index in [1.165, 1.54) is 6.92 Å². The zero-order chi connectivity index (χ0) is 69.6. The quantitative estimate of drug-likeness (QED) is 0.0220. The van der Waals surface area contributed by atoms with Crippen LogP contribution in [0.1, 0.15) is 61.0 Å². The van der Waals surface area contributed by atoms with Gasteiger partial charge in [-0.25, -0.2) is 9.59 Å². The summed E-state index contributed by atoms with van der Waals surface area (Å²) in [6.07, 6.45) is -1.48. The van der Waals surface area contributed by atoms with E-state index in [-0.39, 0.29) is 289 Å². The van der Waals surface area contributed by atoms with E-state index in [9.17, 15) is 24.6 Å². The molecule has 0 aliphatic heterocycles. The molecule has 2 rings (SSSR count). The van der Waals surface area contributed by atoms with Gasteiger partial charge in [0.25, 0.3) is 0 Å². The molecule has 2 aromatic rings. The smallest absolute Gasteiger partial charge is 0.338 e. The summed E-state index contributed by atoms with van der Waals surface area (Å²) in [5.41, 5.74) is 1.28. The summed E-state index contributed by atoms with van der Waals surface area (Å²) in [6.45, 7) is 3.61. The summed E-state index contributed by atoms with van der Waals surface area (Å²) < 4.78 is 119. The van der Waals surface area contributed by atoms with Crippen molar-refractivity contribution < 1.29 is 155 Å². The van der Waals surface area contributed by atoms with E-state index in [4.69, 9.17) is 130 Å². The Hall–Kier alpha value is -4.19. The molecule has 1 atom stereocenters. The van der Waals surface area contributed by atoms with Gasteiger partial charge in [-0.05, 0) is 64.6 Å². The lowest BCUT2D eigenvalue weighted by Crippen LogP contribution is -2.41. The lowest BCUT2D eigenvalue weighted by Gasteiger charge is -2.27. The van der Waals surface area contributed by atoms with Crippen LogP contribution in [0.15, 0.2) is 24.3 Å². The van der Waals surface area contributed by atoms with Gasteiger partial charge in [0, 0.05) is 0 Å². The number of aliphatic hydroxyl groups is 8. The number of aliphatic hydroxyl groups excluding tert-OH is 8. The van der Waals surface area contributed by atoms with E-state index in [1.807, 2.05) is 0 Å². The molecule has 0 spiro atoms. The highest BCUT2D eigenvalue weighted by Crippen LogP contribution is 2.27. The molecule has 0 radical (unpaired) electrons. The maximum absolute atomic E-state index is 14.5. The molecular weight excluding hydrogens is 1280 g/mol. The molecule has 32 heteroatoms. The number of hydrogen-bond donors (Lipinski definition) is 8. The summed E-state index contributed by atoms with van der Waals surface area (Å²) >= 11 is 0. The van der Waals surface area contributed by atoms with Gasteiger partial charge in [0.1, 0.15) is 31.3 Å². The van der Waals surface area contributed by atoms with Gasteiger partial charge in [0.2, 0.25) is 0 Å². The number of rotatable bonds is 70. The van der Waals surface area contributed by atoms with Crippen molar-refractivity contribution in [1.29, 1.82) is 0 Å². The zero-order valence-corrected chi connectivity index (χ0v) is 55.8. The molecule has 0 saturated heterocycles. The highest BCUT2D eigenvalue weighted by atomic mass is 16.6. The summed E-state index contributed by atoms with van der Waals surface area (Å²) in [5.74, 6) is -2.91. The number of hydrogen-bond acceptors (Lipinski definition) is 32. The van der Waals surface area contributed by atoms with Gasteiger partial charge in [-0.3, -0.25) is 4.79 Å². The van der Waals surface area contributed by atoms with E-state index in [1.54, 1.807) is 24.3 Å². The predicted molar refractivity (Wildman–Crippen MR) is 336 cm³/mol. The molecule has 0 aliphatic carbocycles. The van der Waals surface area contributed by atoms with Crippen LogP contribution in [0.5, 0.6) is 0 Å². The first-order chi connectivity index (χ1) is 47.0. The lowest BCUT2D eigenvalue weighted by atomic mass is 9.92. The Morgan fingerprint density at radius 1 is 0.312 bits per heavy atom. The van der Waals surface area contributed by atoms with Gasteiger partial charge >= 0.3 is 17.9 Å². The van der Waals surface area contributed by atoms with Crippen LogP contribution in [0.25, 0.3) is 0 Å². The van der Waals surface area contributed by atoms with E-state index < -0.39 is 55.9 Å². The summed E-state index contributed by atoms with van der Waals surface area (Å²) in [7, 11) is 0. The maximum Gasteiger partial charge on any atom is 0.338 e. The molecule has 0 unspecified atom stereocenters. The number of ether oxygens (including phenoxy) is 21. The SMILES string of the molecule is CC(COC(=O)c1cc(COCCOCCOCCO)c(COCCOCCOCCO)c(COCCOCCOCCO)c1)(COC(=O)c1cc(COCCOCCOCCO)c(COCCOCCOCCO)c(COCCOCCOCCO)c1)C(=O)OC[C@H](O)CO. The van der Waals surface area contributed by atoms with Crippen molar-refractivity contribution >= 4 is 17.9 Å². The molecule has 0 bridgehead atoms. The molecule has 0 heterocycles. The predicted octanol–water partition coefficient (Wildman–Crippen LogP) is -1.14. The Labute approximate surface area is 562 Å². The molecule has 0 fully saturated rings. The first kappa shape index (κ1) is 87.9. The molecule has 0 amide bonds. The van der Waals surface area contributed by atoms with Crippen molar-refractivity contribution in [3.63, 3.8) is 0 Å². The molecule has 96 heavy (non-hydrogen) atoms. The molecular formula is C64H108O32. The van der Waals surface area contributed by atoms with Crippen LogP contribution in [0, 0.1) is 5.41 Å². The van der Waals surface area contributed by atoms with Gasteiger partial charge in [-0.1, -0.05) is 0 Å². The first-order valence-electron chi connectivity index (χ1n) is 32.2. The van der Waals surface area contributed by atoms with Gasteiger partial charge in [0.15, 0.2) is 0 Å². The number of esters is 3. The van der Waals surface area contributed by atoms with Gasteiger partial charge < -0.3 is 140 Å². The molecule has 556 valence electrons. The number of benzene rings is 2. The van der Waals surface area contributed by atoms with Crippen molar-refractivity contribution in [3.05, 3.63) is 68.8 Å². The van der Waals surface area contributed by atoms with Crippen molar-refractivity contribution in [1.82, 2.24) is 0 Å². The Bertz CT molecular complexity index is 1970. The van der Waals surface area contributed by atoms with E-state index in [0.29, 0.717) is 33.4 Å². The highest BCUT2D eigenvalue weighted by molar-refractivity contribution is 5.91. The van der Waals surface area contributed by atoms with Crippen LogP contribution in [0.3, 0.4) is 0 Å². The van der Waals surface area contributed by atoms with E-state index in [2.05, 4.69) is 0 Å². The van der Waals surface area contributed by atoms with E-state index >= 15 is 0 Å². The third kappa shape index (κ3) is 44.0. The summed E-state index contributed by atoms with van der Waals surface area (Å²) in [4.78, 5) is 43.0. The van der Waals surface area contributed by atoms with Crippen LogP contribution >= 0.6 is 0 Å². The summed E-state index contributed by atoms with van der Waals surface area (Å²) in [6, 6.07) is 6.17. The van der Waals surface area contributed by atoms with Crippen LogP contribution in [0.4, 0.5) is 0 Å². The fraction of sp³-hybridized carbons (Fsp3) is 0.766.